The van der Waals surface area contributed by atoms with Crippen molar-refractivity contribution in [1.82, 2.24) is 39.4 Å². The summed E-state index contributed by atoms with van der Waals surface area (Å²) in [5.74, 6) is 1.43. The Morgan fingerprint density at radius 3 is 1.81 bits per heavy atom. The molecule has 4 aromatic rings. The minimum atomic E-state index is -0.190. The van der Waals surface area contributed by atoms with Gasteiger partial charge in [-0.2, -0.15) is 5.10 Å². The summed E-state index contributed by atoms with van der Waals surface area (Å²) in [5.41, 5.74) is 2.35. The van der Waals surface area contributed by atoms with E-state index in [-0.39, 0.29) is 24.4 Å². The van der Waals surface area contributed by atoms with E-state index >= 15 is 0 Å². The van der Waals surface area contributed by atoms with Crippen LogP contribution in [0.15, 0.2) is 49.4 Å². The van der Waals surface area contributed by atoms with E-state index in [1.165, 1.54) is 6.33 Å². The van der Waals surface area contributed by atoms with Gasteiger partial charge in [0.05, 0.1) is 135 Å². The lowest BCUT2D eigenvalue weighted by Crippen LogP contribution is -2.51. The highest BCUT2D eigenvalue weighted by Crippen LogP contribution is 2.36. The normalized spacial score (nSPS) is 19.3. The average Bonchev–Trinajstić information content (AvgIpc) is 4.01. The van der Waals surface area contributed by atoms with Crippen molar-refractivity contribution in [3.05, 3.63) is 54.5 Å². The predicted octanol–water partition coefficient (Wildman–Crippen LogP) is 5.53. The van der Waals surface area contributed by atoms with E-state index in [4.69, 9.17) is 68.8 Å². The molecule has 2 fully saturated rings. The Bertz CT molecular complexity index is 1930. The van der Waals surface area contributed by atoms with Gasteiger partial charge >= 0.3 is 0 Å². The van der Waals surface area contributed by atoms with Crippen molar-refractivity contribution in [2.75, 3.05) is 131 Å². The molecule has 378 valence electrons. The molecule has 3 atom stereocenters. The van der Waals surface area contributed by atoms with Crippen molar-refractivity contribution in [1.29, 1.82) is 0 Å². The average molecular weight is 975 g/mol. The van der Waals surface area contributed by atoms with Crippen LogP contribution in [-0.2, 0) is 49.2 Å². The van der Waals surface area contributed by atoms with Gasteiger partial charge in [-0.05, 0) is 64.2 Å². The number of benzene rings is 1. The molecule has 0 bridgehead atoms. The van der Waals surface area contributed by atoms with E-state index in [2.05, 4.69) is 44.1 Å². The summed E-state index contributed by atoms with van der Waals surface area (Å²) in [4.78, 5) is 15.9. The van der Waals surface area contributed by atoms with Crippen molar-refractivity contribution in [3.8, 4) is 22.8 Å². The van der Waals surface area contributed by atoms with Gasteiger partial charge in [0, 0.05) is 44.2 Å². The number of ether oxygens (including phenoxy) is 11. The topological polar surface area (TPSA) is 191 Å². The largest absolute Gasteiger partial charge is 0.487 e. The third kappa shape index (κ3) is 19.0. The number of nitrogens with one attached hydrogen (secondary N) is 1. The van der Waals surface area contributed by atoms with Gasteiger partial charge < -0.3 is 57.4 Å². The van der Waals surface area contributed by atoms with Crippen LogP contribution in [0.3, 0.4) is 0 Å². The number of methoxy groups -OCH3 is 1. The van der Waals surface area contributed by atoms with Gasteiger partial charge in [-0.15, -0.1) is 5.10 Å². The molecule has 2 aliphatic rings. The molecule has 1 aromatic carbocycles. The van der Waals surface area contributed by atoms with Crippen LogP contribution in [-0.4, -0.2) is 190 Å². The summed E-state index contributed by atoms with van der Waals surface area (Å²) >= 11 is 6.52. The summed E-state index contributed by atoms with van der Waals surface area (Å²) in [7, 11) is 1.65. The maximum absolute atomic E-state index is 6.52. The molecular weight excluding hydrogens is 902 g/mol. The zero-order chi connectivity index (χ0) is 47.6. The second-order valence-electron chi connectivity index (χ2n) is 16.7. The number of hydrogen-bond donors (Lipinski definition) is 1. The van der Waals surface area contributed by atoms with Gasteiger partial charge in [0.1, 0.15) is 36.8 Å². The molecule has 6 rings (SSSR count). The van der Waals surface area contributed by atoms with Gasteiger partial charge in [-0.1, -0.05) is 17.7 Å². The molecule has 0 spiro atoms. The molecule has 4 heterocycles. The van der Waals surface area contributed by atoms with Gasteiger partial charge in [-0.3, -0.25) is 9.58 Å². The van der Waals surface area contributed by atoms with E-state index < -0.39 is 0 Å². The molecule has 1 aliphatic carbocycles. The predicted molar refractivity (Wildman–Crippen MR) is 254 cm³/mol. The van der Waals surface area contributed by atoms with Crippen LogP contribution in [0.1, 0.15) is 52.5 Å². The fraction of sp³-hybridized carbons (Fsp3) is 0.681. The number of morpholine rings is 1. The Morgan fingerprint density at radius 2 is 1.26 bits per heavy atom. The fourth-order valence-electron chi connectivity index (χ4n) is 8.00. The molecule has 1 aliphatic heterocycles. The lowest BCUT2D eigenvalue weighted by Gasteiger charge is -2.42. The summed E-state index contributed by atoms with van der Waals surface area (Å²) in [6, 6.07) is 6.41. The van der Waals surface area contributed by atoms with Crippen LogP contribution < -0.4 is 14.8 Å². The number of hydrogen-bond acceptors (Lipinski definition) is 18. The summed E-state index contributed by atoms with van der Waals surface area (Å²) in [6.45, 7) is 16.5. The number of anilines is 2. The standard InChI is InChI=1S/C47H72ClN9O11/c1-36-30-55(31-37(2)67-36)41-6-8-42(9-7-41)57-33-44(53-47-50-28-40(29-51-47)39-5-10-43(48)45(27-39)68-38(3)32-56-35-49-34-52-56)46(54-57)66-26-25-65-24-23-64-22-21-63-20-19-62-18-17-61-16-15-60-14-13-59-12-11-58-4/h5,10,27-29,33-38,41-42H,6-9,11-26,30-32H2,1-4H3,(H,50,51,53)/t36-,37+,38-,41?,42?/m0/s1. The molecule has 3 aromatic heterocycles. The second-order valence-corrected chi connectivity index (χ2v) is 17.1. The third-order valence-corrected chi connectivity index (χ3v) is 11.5. The molecule has 1 saturated carbocycles. The number of halogens is 1. The first kappa shape index (κ1) is 53.3. The molecule has 20 nitrogen and oxygen atoms in total. The van der Waals surface area contributed by atoms with E-state index in [9.17, 15) is 0 Å². The first-order valence-electron chi connectivity index (χ1n) is 23.9. The Kier molecular flexibility index (Phi) is 23.9. The molecular formula is C47H72ClN9O11. The Balaban J connectivity index is 0.900. The molecule has 0 radical (unpaired) electrons. The van der Waals surface area contributed by atoms with E-state index in [1.807, 2.05) is 36.0 Å². The minimum absolute atomic E-state index is 0.190. The van der Waals surface area contributed by atoms with Crippen molar-refractivity contribution >= 4 is 23.2 Å². The van der Waals surface area contributed by atoms with Gasteiger partial charge in [0.15, 0.2) is 0 Å². The van der Waals surface area contributed by atoms with Crippen LogP contribution >= 0.6 is 11.6 Å². The van der Waals surface area contributed by atoms with Gasteiger partial charge in [0.25, 0.3) is 5.88 Å². The van der Waals surface area contributed by atoms with Crippen LogP contribution in [0.2, 0.25) is 5.02 Å². The zero-order valence-corrected chi connectivity index (χ0v) is 41.0. The van der Waals surface area contributed by atoms with Crippen molar-refractivity contribution in [2.24, 2.45) is 0 Å². The lowest BCUT2D eigenvalue weighted by molar-refractivity contribution is -0.0852. The number of rotatable bonds is 34. The second kappa shape index (κ2) is 30.5. The van der Waals surface area contributed by atoms with Crippen molar-refractivity contribution in [2.45, 2.75) is 83.4 Å². The van der Waals surface area contributed by atoms with E-state index in [0.29, 0.717) is 147 Å². The van der Waals surface area contributed by atoms with Crippen molar-refractivity contribution < 1.29 is 52.1 Å². The van der Waals surface area contributed by atoms with E-state index in [0.717, 1.165) is 49.9 Å². The van der Waals surface area contributed by atoms with Crippen LogP contribution in [0.5, 0.6) is 11.6 Å². The van der Waals surface area contributed by atoms with Gasteiger partial charge in [-0.25, -0.2) is 19.6 Å². The Hall–Kier alpha value is -4.06. The molecule has 68 heavy (non-hydrogen) atoms. The SMILES string of the molecule is COCCOCCOCCOCCOCCOCCOCCOCCOc1nn(C2CCC(N3C[C@@H](C)O[C@@H](C)C3)CC2)cc1Nc1ncc(-c2ccc(Cl)c(O[C@@H](C)Cn3cncn3)c2)cn1. The third-order valence-electron chi connectivity index (χ3n) is 11.2. The first-order chi connectivity index (χ1) is 33.3. The number of nitrogens with zero attached hydrogens (tertiary/aromatic N) is 8. The summed E-state index contributed by atoms with van der Waals surface area (Å²) in [6.07, 6.45) is 13.2. The molecule has 1 N–H and O–H groups in total. The number of aromatic nitrogens is 7. The zero-order valence-electron chi connectivity index (χ0n) is 40.2. The monoisotopic (exact) mass is 974 g/mol. The summed E-state index contributed by atoms with van der Waals surface area (Å²) in [5, 5.41) is 13.0. The fourth-order valence-corrected chi connectivity index (χ4v) is 8.16. The van der Waals surface area contributed by atoms with Crippen LogP contribution in [0, 0.1) is 0 Å². The molecule has 0 unspecified atom stereocenters. The first-order valence-corrected chi connectivity index (χ1v) is 24.2. The maximum atomic E-state index is 6.52. The van der Waals surface area contributed by atoms with Crippen LogP contribution in [0.4, 0.5) is 11.6 Å². The minimum Gasteiger partial charge on any atom is -0.487 e. The maximum Gasteiger partial charge on any atom is 0.257 e. The molecule has 1 saturated heterocycles. The Labute approximate surface area is 405 Å². The highest BCUT2D eigenvalue weighted by Gasteiger charge is 2.32. The Morgan fingerprint density at radius 1 is 0.721 bits per heavy atom. The molecule has 21 heteroatoms. The lowest BCUT2D eigenvalue weighted by atomic mass is 9.89. The van der Waals surface area contributed by atoms with Gasteiger partial charge in [0.2, 0.25) is 5.95 Å². The van der Waals surface area contributed by atoms with E-state index in [1.54, 1.807) is 30.5 Å². The van der Waals surface area contributed by atoms with Crippen LogP contribution in [0.25, 0.3) is 11.1 Å². The quantitative estimate of drug-likeness (QED) is 0.0575. The summed E-state index contributed by atoms with van der Waals surface area (Å²) < 4.78 is 66.0. The highest BCUT2D eigenvalue weighted by molar-refractivity contribution is 6.32. The highest BCUT2D eigenvalue weighted by atomic mass is 35.5. The smallest absolute Gasteiger partial charge is 0.257 e. The molecule has 0 amide bonds. The van der Waals surface area contributed by atoms with Crippen molar-refractivity contribution in [3.63, 3.8) is 0 Å².